The first kappa shape index (κ1) is 26.0. The molecule has 0 aliphatic carbocycles. The fourth-order valence-corrected chi connectivity index (χ4v) is 3.23. The summed E-state index contributed by atoms with van der Waals surface area (Å²) in [4.78, 5) is 35.9. The van der Waals surface area contributed by atoms with E-state index in [0.29, 0.717) is 24.2 Å². The summed E-state index contributed by atoms with van der Waals surface area (Å²) in [7, 11) is 0. The van der Waals surface area contributed by atoms with Gasteiger partial charge in [-0.25, -0.2) is 0 Å². The first-order valence-electron chi connectivity index (χ1n) is 11.2. The van der Waals surface area contributed by atoms with Crippen LogP contribution in [-0.2, 0) is 25.5 Å². The highest BCUT2D eigenvalue weighted by molar-refractivity contribution is 7.80. The average molecular weight is 470 g/mol. The Bertz CT molecular complexity index is 934. The maximum Gasteiger partial charge on any atom is 0.306 e. The Morgan fingerprint density at radius 2 is 1.58 bits per heavy atom. The number of rotatable bonds is 12. The molecule has 33 heavy (non-hydrogen) atoms. The number of hydrogen-bond donors (Lipinski definition) is 3. The van der Waals surface area contributed by atoms with Crippen LogP contribution >= 0.6 is 12.2 Å². The van der Waals surface area contributed by atoms with Gasteiger partial charge in [0.25, 0.3) is 0 Å². The third kappa shape index (κ3) is 11.2. The molecule has 3 N–H and O–H groups in total. The van der Waals surface area contributed by atoms with Gasteiger partial charge in [0.15, 0.2) is 5.11 Å². The number of carbonyl (C=O) groups excluding carboxylic acids is 3. The molecule has 0 unspecified atom stereocenters. The van der Waals surface area contributed by atoms with Crippen molar-refractivity contribution >= 4 is 46.5 Å². The summed E-state index contributed by atoms with van der Waals surface area (Å²) in [5.41, 5.74) is 2.36. The van der Waals surface area contributed by atoms with Crippen molar-refractivity contribution in [1.29, 1.82) is 0 Å². The quantitative estimate of drug-likeness (QED) is 0.239. The maximum atomic E-state index is 12.1. The van der Waals surface area contributed by atoms with Crippen LogP contribution in [0.4, 0.5) is 11.4 Å². The van der Waals surface area contributed by atoms with Crippen LogP contribution in [0.5, 0.6) is 0 Å². The normalized spacial score (nSPS) is 10.2. The van der Waals surface area contributed by atoms with Crippen LogP contribution in [0.15, 0.2) is 54.6 Å². The Morgan fingerprint density at radius 3 is 2.30 bits per heavy atom. The molecule has 0 atom stereocenters. The zero-order chi connectivity index (χ0) is 23.9. The summed E-state index contributed by atoms with van der Waals surface area (Å²) in [5, 5.41) is 8.43. The topological polar surface area (TPSA) is 96.5 Å². The molecule has 0 spiro atoms. The van der Waals surface area contributed by atoms with Crippen molar-refractivity contribution in [1.82, 2.24) is 5.32 Å². The van der Waals surface area contributed by atoms with Crippen molar-refractivity contribution in [2.45, 2.75) is 51.9 Å². The van der Waals surface area contributed by atoms with E-state index in [1.54, 1.807) is 24.3 Å². The number of esters is 1. The minimum absolute atomic E-state index is 0.0250. The third-order valence-electron chi connectivity index (χ3n) is 4.72. The first-order valence-corrected chi connectivity index (χ1v) is 11.6. The number of carbonyl (C=O) groups is 3. The molecule has 0 fully saturated rings. The number of nitrogens with one attached hydrogen (secondary N) is 3. The molecule has 0 heterocycles. The number of ether oxygens (including phenoxy) is 1. The lowest BCUT2D eigenvalue weighted by Gasteiger charge is -2.11. The summed E-state index contributed by atoms with van der Waals surface area (Å²) in [5.74, 6) is -0.845. The van der Waals surface area contributed by atoms with Crippen molar-refractivity contribution in [3.8, 4) is 0 Å². The van der Waals surface area contributed by atoms with Gasteiger partial charge in [0.05, 0.1) is 13.0 Å². The predicted octanol–water partition coefficient (Wildman–Crippen LogP) is 4.58. The molecule has 0 bridgehead atoms. The van der Waals surface area contributed by atoms with Gasteiger partial charge in [-0.2, -0.15) is 0 Å². The predicted molar refractivity (Wildman–Crippen MR) is 134 cm³/mol. The second-order valence-corrected chi connectivity index (χ2v) is 7.95. The first-order chi connectivity index (χ1) is 16.0. The molecule has 0 saturated heterocycles. The molecule has 0 aliphatic heterocycles. The molecular formula is C25H31N3O4S. The monoisotopic (exact) mass is 469 g/mol. The van der Waals surface area contributed by atoms with Gasteiger partial charge < -0.3 is 20.7 Å². The average Bonchev–Trinajstić information content (AvgIpc) is 2.79. The summed E-state index contributed by atoms with van der Waals surface area (Å²) in [6, 6.07) is 16.8. The van der Waals surface area contributed by atoms with Gasteiger partial charge in [-0.1, -0.05) is 56.2 Å². The molecule has 2 aromatic carbocycles. The fraction of sp³-hybridized carbons (Fsp3) is 0.360. The van der Waals surface area contributed by atoms with Crippen molar-refractivity contribution in [3.05, 3.63) is 60.2 Å². The van der Waals surface area contributed by atoms with Gasteiger partial charge in [-0.05, 0) is 42.4 Å². The van der Waals surface area contributed by atoms with Crippen molar-refractivity contribution in [2.75, 3.05) is 17.2 Å². The summed E-state index contributed by atoms with van der Waals surface area (Å²) >= 11 is 5.17. The Balaban J connectivity index is 1.67. The Hall–Kier alpha value is -3.26. The van der Waals surface area contributed by atoms with E-state index < -0.39 is 5.97 Å². The number of thiocarbonyl (C=S) groups is 1. The minimum Gasteiger partial charge on any atom is -0.465 e. The van der Waals surface area contributed by atoms with Gasteiger partial charge >= 0.3 is 5.97 Å². The SMILES string of the molecule is CCCCCC(=O)Nc1cccc(NC(=S)NC(=O)CCC(=O)OCCc2ccccc2)c1. The van der Waals surface area contributed by atoms with Crippen LogP contribution in [0.25, 0.3) is 0 Å². The van der Waals surface area contributed by atoms with Gasteiger partial charge in [0, 0.05) is 30.6 Å². The zero-order valence-corrected chi connectivity index (χ0v) is 19.7. The largest absolute Gasteiger partial charge is 0.465 e. The smallest absolute Gasteiger partial charge is 0.306 e. The summed E-state index contributed by atoms with van der Waals surface area (Å²) in [6.45, 7) is 2.36. The molecule has 0 aromatic heterocycles. The van der Waals surface area contributed by atoms with Gasteiger partial charge in [0.2, 0.25) is 11.8 Å². The number of benzene rings is 2. The van der Waals surface area contributed by atoms with E-state index >= 15 is 0 Å². The second-order valence-electron chi connectivity index (χ2n) is 7.54. The highest BCUT2D eigenvalue weighted by Gasteiger charge is 2.10. The van der Waals surface area contributed by atoms with E-state index in [0.717, 1.165) is 24.8 Å². The van der Waals surface area contributed by atoms with Crippen LogP contribution < -0.4 is 16.0 Å². The van der Waals surface area contributed by atoms with E-state index in [1.165, 1.54) is 0 Å². The lowest BCUT2D eigenvalue weighted by atomic mass is 10.2. The Labute approximate surface area is 200 Å². The standard InChI is InChI=1S/C25H31N3O4S/c1-2-3-5-13-22(29)26-20-11-8-12-21(18-20)27-25(33)28-23(30)14-15-24(31)32-17-16-19-9-6-4-7-10-19/h4,6-12,18H,2-3,5,13-17H2,1H3,(H,26,29)(H2,27,28,30,33). The van der Waals surface area contributed by atoms with Crippen molar-refractivity contribution in [2.24, 2.45) is 0 Å². The van der Waals surface area contributed by atoms with Crippen LogP contribution in [0.3, 0.4) is 0 Å². The molecule has 2 rings (SSSR count). The van der Waals surface area contributed by atoms with E-state index in [1.807, 2.05) is 30.3 Å². The van der Waals surface area contributed by atoms with Crippen molar-refractivity contribution < 1.29 is 19.1 Å². The molecule has 7 nitrogen and oxygen atoms in total. The summed E-state index contributed by atoms with van der Waals surface area (Å²) in [6.07, 6.45) is 4.00. The van der Waals surface area contributed by atoms with E-state index in [2.05, 4.69) is 22.9 Å². The number of amides is 2. The van der Waals surface area contributed by atoms with Crippen LogP contribution in [0.1, 0.15) is 51.0 Å². The van der Waals surface area contributed by atoms with Gasteiger partial charge in [0.1, 0.15) is 0 Å². The minimum atomic E-state index is -0.428. The third-order valence-corrected chi connectivity index (χ3v) is 4.92. The zero-order valence-electron chi connectivity index (χ0n) is 18.9. The molecule has 8 heteroatoms. The fourth-order valence-electron chi connectivity index (χ4n) is 3.00. The molecular weight excluding hydrogens is 438 g/mol. The number of anilines is 2. The lowest BCUT2D eigenvalue weighted by Crippen LogP contribution is -2.34. The molecule has 0 saturated carbocycles. The lowest BCUT2D eigenvalue weighted by molar-refractivity contribution is -0.144. The van der Waals surface area contributed by atoms with Crippen LogP contribution in [0, 0.1) is 0 Å². The van der Waals surface area contributed by atoms with Crippen molar-refractivity contribution in [3.63, 3.8) is 0 Å². The molecule has 0 radical (unpaired) electrons. The maximum absolute atomic E-state index is 12.1. The van der Waals surface area contributed by atoms with E-state index in [-0.39, 0.29) is 36.4 Å². The molecule has 2 amide bonds. The number of unbranched alkanes of at least 4 members (excludes halogenated alkanes) is 2. The van der Waals surface area contributed by atoms with Crippen LogP contribution in [0.2, 0.25) is 0 Å². The number of hydrogen-bond acceptors (Lipinski definition) is 5. The Kier molecular flexibility index (Phi) is 11.6. The molecule has 176 valence electrons. The molecule has 2 aromatic rings. The highest BCUT2D eigenvalue weighted by atomic mass is 32.1. The van der Waals surface area contributed by atoms with Crippen LogP contribution in [-0.4, -0.2) is 29.5 Å². The highest BCUT2D eigenvalue weighted by Crippen LogP contribution is 2.16. The Morgan fingerprint density at radius 1 is 0.848 bits per heavy atom. The van der Waals surface area contributed by atoms with E-state index in [9.17, 15) is 14.4 Å². The second kappa shape index (κ2) is 14.7. The molecule has 0 aliphatic rings. The van der Waals surface area contributed by atoms with E-state index in [4.69, 9.17) is 17.0 Å². The summed E-state index contributed by atoms with van der Waals surface area (Å²) < 4.78 is 5.17. The van der Waals surface area contributed by atoms with Gasteiger partial charge in [-0.15, -0.1) is 0 Å². The van der Waals surface area contributed by atoms with Gasteiger partial charge in [-0.3, -0.25) is 14.4 Å².